The van der Waals surface area contributed by atoms with E-state index in [9.17, 15) is 9.59 Å². The predicted molar refractivity (Wildman–Crippen MR) is 106 cm³/mol. The summed E-state index contributed by atoms with van der Waals surface area (Å²) in [5.74, 6) is -0.465. The second-order valence-corrected chi connectivity index (χ2v) is 6.33. The number of Topliss-reactive ketones (excluding diaryl/α,β-unsaturated/α-hetero) is 1. The average Bonchev–Trinajstić information content (AvgIpc) is 2.54. The molecule has 0 radical (unpaired) electrons. The Bertz CT molecular complexity index is 866. The maximum atomic E-state index is 11.9. The van der Waals surface area contributed by atoms with E-state index in [0.717, 1.165) is 0 Å². The lowest BCUT2D eigenvalue weighted by molar-refractivity contribution is -0.115. The van der Waals surface area contributed by atoms with Gasteiger partial charge >= 0.3 is 0 Å². The molecular formula is C18H14Cl2N2O2S. The van der Waals surface area contributed by atoms with Crippen molar-refractivity contribution in [2.75, 3.05) is 5.32 Å². The summed E-state index contributed by atoms with van der Waals surface area (Å²) in [6, 6.07) is 11.8. The molecule has 0 aliphatic carbocycles. The standard InChI is InChI=1S/C18H14Cl2N2O2S/c1-11(23)13-3-2-4-15(9-13)21-18(25)22-17(24)8-6-12-5-7-14(19)10-16(12)20/h2-10H,1H3,(H2,21,22,24,25)/b8-6+. The third-order valence-electron chi connectivity index (χ3n) is 3.14. The third kappa shape index (κ3) is 5.98. The van der Waals surface area contributed by atoms with E-state index in [0.29, 0.717) is 26.9 Å². The van der Waals surface area contributed by atoms with Gasteiger partial charge in [0.2, 0.25) is 5.91 Å². The van der Waals surface area contributed by atoms with Gasteiger partial charge in [-0.05, 0) is 55.0 Å². The minimum absolute atomic E-state index is 0.0543. The molecule has 2 aromatic rings. The van der Waals surface area contributed by atoms with Gasteiger partial charge in [0.1, 0.15) is 0 Å². The molecule has 2 N–H and O–H groups in total. The van der Waals surface area contributed by atoms with Crippen LogP contribution in [0.4, 0.5) is 5.69 Å². The highest BCUT2D eigenvalue weighted by atomic mass is 35.5. The Morgan fingerprint density at radius 3 is 2.56 bits per heavy atom. The number of thiocarbonyl (C=S) groups is 1. The summed E-state index contributed by atoms with van der Waals surface area (Å²) in [6.07, 6.45) is 2.88. The molecule has 1 amide bonds. The van der Waals surface area contributed by atoms with Crippen molar-refractivity contribution in [1.82, 2.24) is 5.32 Å². The van der Waals surface area contributed by atoms with Crippen molar-refractivity contribution in [2.24, 2.45) is 0 Å². The second-order valence-electron chi connectivity index (χ2n) is 5.08. The van der Waals surface area contributed by atoms with Crippen molar-refractivity contribution in [3.05, 3.63) is 69.7 Å². The molecule has 0 aliphatic rings. The van der Waals surface area contributed by atoms with E-state index in [1.807, 2.05) is 0 Å². The molecule has 0 unspecified atom stereocenters. The smallest absolute Gasteiger partial charge is 0.250 e. The molecule has 0 bridgehead atoms. The lowest BCUT2D eigenvalue weighted by Crippen LogP contribution is -2.32. The fourth-order valence-electron chi connectivity index (χ4n) is 1.93. The van der Waals surface area contributed by atoms with Crippen LogP contribution in [0.25, 0.3) is 6.08 Å². The first kappa shape index (κ1) is 19.1. The van der Waals surface area contributed by atoms with Gasteiger partial charge in [-0.2, -0.15) is 0 Å². The average molecular weight is 393 g/mol. The van der Waals surface area contributed by atoms with Gasteiger partial charge in [-0.25, -0.2) is 0 Å². The molecule has 0 aliphatic heterocycles. The first-order valence-corrected chi connectivity index (χ1v) is 8.37. The predicted octanol–water partition coefficient (Wildman–Crippen LogP) is 4.72. The highest BCUT2D eigenvalue weighted by molar-refractivity contribution is 7.80. The van der Waals surface area contributed by atoms with Crippen LogP contribution in [0.15, 0.2) is 48.5 Å². The zero-order valence-corrected chi connectivity index (χ0v) is 15.5. The fourth-order valence-corrected chi connectivity index (χ4v) is 2.62. The zero-order chi connectivity index (χ0) is 18.4. The van der Waals surface area contributed by atoms with E-state index in [2.05, 4.69) is 10.6 Å². The molecule has 0 saturated heterocycles. The van der Waals surface area contributed by atoms with Crippen molar-refractivity contribution in [3.63, 3.8) is 0 Å². The Hall–Kier alpha value is -2.21. The van der Waals surface area contributed by atoms with Crippen molar-refractivity contribution in [1.29, 1.82) is 0 Å². The second kappa shape index (κ2) is 8.76. The molecule has 4 nitrogen and oxygen atoms in total. The molecule has 0 saturated carbocycles. The molecule has 128 valence electrons. The topological polar surface area (TPSA) is 58.2 Å². The number of rotatable bonds is 4. The number of ketones is 1. The molecule has 25 heavy (non-hydrogen) atoms. The van der Waals surface area contributed by atoms with Gasteiger partial charge in [-0.15, -0.1) is 0 Å². The van der Waals surface area contributed by atoms with Crippen LogP contribution in [-0.4, -0.2) is 16.8 Å². The quantitative estimate of drug-likeness (QED) is 0.448. The van der Waals surface area contributed by atoms with Crippen LogP contribution in [0, 0.1) is 0 Å². The van der Waals surface area contributed by atoms with Crippen LogP contribution in [0.1, 0.15) is 22.8 Å². The van der Waals surface area contributed by atoms with Gasteiger partial charge in [0.15, 0.2) is 10.9 Å². The van der Waals surface area contributed by atoms with Gasteiger partial charge in [0, 0.05) is 27.4 Å². The summed E-state index contributed by atoms with van der Waals surface area (Å²) in [4.78, 5) is 23.3. The number of amides is 1. The molecule has 2 aromatic carbocycles. The summed E-state index contributed by atoms with van der Waals surface area (Å²) in [5.41, 5.74) is 1.83. The monoisotopic (exact) mass is 392 g/mol. The van der Waals surface area contributed by atoms with E-state index in [-0.39, 0.29) is 10.9 Å². The largest absolute Gasteiger partial charge is 0.332 e. The molecule has 7 heteroatoms. The van der Waals surface area contributed by atoms with E-state index in [1.54, 1.807) is 48.5 Å². The van der Waals surface area contributed by atoms with Gasteiger partial charge in [0.05, 0.1) is 0 Å². The summed E-state index contributed by atoms with van der Waals surface area (Å²) in [6.45, 7) is 1.48. The normalized spacial score (nSPS) is 10.5. The van der Waals surface area contributed by atoms with Crippen molar-refractivity contribution in [2.45, 2.75) is 6.92 Å². The van der Waals surface area contributed by atoms with Gasteiger partial charge in [-0.3, -0.25) is 14.9 Å². The lowest BCUT2D eigenvalue weighted by Gasteiger charge is -2.09. The number of hydrogen-bond acceptors (Lipinski definition) is 3. The maximum absolute atomic E-state index is 11.9. The lowest BCUT2D eigenvalue weighted by atomic mass is 10.1. The van der Waals surface area contributed by atoms with Crippen molar-refractivity contribution < 1.29 is 9.59 Å². The Morgan fingerprint density at radius 1 is 1.12 bits per heavy atom. The minimum atomic E-state index is -0.411. The number of carbonyl (C=O) groups excluding carboxylic acids is 2. The van der Waals surface area contributed by atoms with Gasteiger partial charge < -0.3 is 5.32 Å². The highest BCUT2D eigenvalue weighted by Crippen LogP contribution is 2.21. The third-order valence-corrected chi connectivity index (χ3v) is 3.91. The van der Waals surface area contributed by atoms with Crippen LogP contribution >= 0.6 is 35.4 Å². The van der Waals surface area contributed by atoms with E-state index >= 15 is 0 Å². The summed E-state index contributed by atoms with van der Waals surface area (Å²) >= 11 is 16.9. The van der Waals surface area contributed by atoms with Crippen LogP contribution in [0.2, 0.25) is 10.0 Å². The van der Waals surface area contributed by atoms with E-state index in [4.69, 9.17) is 35.4 Å². The number of anilines is 1. The van der Waals surface area contributed by atoms with E-state index < -0.39 is 5.91 Å². The van der Waals surface area contributed by atoms with Gasteiger partial charge in [0.25, 0.3) is 0 Å². The fraction of sp³-hybridized carbons (Fsp3) is 0.0556. The van der Waals surface area contributed by atoms with Crippen LogP contribution in [0.3, 0.4) is 0 Å². The van der Waals surface area contributed by atoms with Crippen molar-refractivity contribution in [3.8, 4) is 0 Å². The Balaban J connectivity index is 1.96. The molecule has 0 spiro atoms. The first-order valence-electron chi connectivity index (χ1n) is 7.21. The summed E-state index contributed by atoms with van der Waals surface area (Å²) in [5, 5.41) is 6.46. The first-order chi connectivity index (χ1) is 11.8. The van der Waals surface area contributed by atoms with Gasteiger partial charge in [-0.1, -0.05) is 41.4 Å². The van der Waals surface area contributed by atoms with E-state index in [1.165, 1.54) is 13.0 Å². The Labute approximate surface area is 160 Å². The summed E-state index contributed by atoms with van der Waals surface area (Å²) in [7, 11) is 0. The van der Waals surface area contributed by atoms with Crippen molar-refractivity contribution >= 4 is 64.0 Å². The number of halogens is 2. The number of benzene rings is 2. The Morgan fingerprint density at radius 2 is 1.88 bits per heavy atom. The molecular weight excluding hydrogens is 379 g/mol. The zero-order valence-electron chi connectivity index (χ0n) is 13.2. The SMILES string of the molecule is CC(=O)c1cccc(NC(=S)NC(=O)/C=C/c2ccc(Cl)cc2Cl)c1. The molecule has 0 heterocycles. The number of nitrogens with one attached hydrogen (secondary N) is 2. The molecule has 0 atom stereocenters. The Kier molecular flexibility index (Phi) is 6.70. The molecule has 2 rings (SSSR count). The van der Waals surface area contributed by atoms with Crippen LogP contribution in [-0.2, 0) is 4.79 Å². The molecule has 0 fully saturated rings. The number of hydrogen-bond donors (Lipinski definition) is 2. The summed E-state index contributed by atoms with van der Waals surface area (Å²) < 4.78 is 0. The number of carbonyl (C=O) groups is 2. The molecule has 0 aromatic heterocycles. The highest BCUT2D eigenvalue weighted by Gasteiger charge is 2.05. The van der Waals surface area contributed by atoms with Crippen LogP contribution < -0.4 is 10.6 Å². The maximum Gasteiger partial charge on any atom is 0.250 e. The van der Waals surface area contributed by atoms with Crippen LogP contribution in [0.5, 0.6) is 0 Å². The minimum Gasteiger partial charge on any atom is -0.332 e.